The van der Waals surface area contributed by atoms with E-state index in [1.807, 2.05) is 6.07 Å². The molecular weight excluding hydrogens is 418 g/mol. The van der Waals surface area contributed by atoms with E-state index in [1.54, 1.807) is 47.6 Å². The topological polar surface area (TPSA) is 97.8 Å². The normalized spacial score (nSPS) is 14.8. The van der Waals surface area contributed by atoms with Crippen LogP contribution in [-0.2, 0) is 16.4 Å². The van der Waals surface area contributed by atoms with E-state index in [2.05, 4.69) is 9.71 Å². The molecule has 9 heteroatoms. The first-order valence-electron chi connectivity index (χ1n) is 9.78. The van der Waals surface area contributed by atoms with Crippen molar-refractivity contribution in [3.8, 4) is 11.5 Å². The van der Waals surface area contributed by atoms with E-state index in [-0.39, 0.29) is 10.8 Å². The lowest BCUT2D eigenvalue weighted by Crippen LogP contribution is -2.28. The van der Waals surface area contributed by atoms with E-state index in [4.69, 9.17) is 9.47 Å². The Hall–Kier alpha value is -3.59. The summed E-state index contributed by atoms with van der Waals surface area (Å²) in [4.78, 5) is 18.6. The number of pyridine rings is 1. The van der Waals surface area contributed by atoms with Crippen LogP contribution < -0.4 is 19.1 Å². The van der Waals surface area contributed by atoms with E-state index in [1.165, 1.54) is 12.1 Å². The fourth-order valence-corrected chi connectivity index (χ4v) is 4.77. The standard InChI is InChI=1S/C22H19N3O5S/c26-22(16-5-8-23-9-6-16)25-10-7-15-1-2-17(13-19(15)25)24-31(27,28)18-3-4-20-21(14-18)30-12-11-29-20/h1-6,8-9,13-14,24H,7,10-12H2. The van der Waals surface area contributed by atoms with E-state index >= 15 is 0 Å². The molecule has 0 bridgehead atoms. The Kier molecular flexibility index (Phi) is 4.74. The molecule has 3 aromatic rings. The van der Waals surface area contributed by atoms with Gasteiger partial charge in [-0.15, -0.1) is 0 Å². The maximum absolute atomic E-state index is 12.9. The molecule has 3 heterocycles. The number of rotatable bonds is 4. The molecule has 0 saturated heterocycles. The lowest BCUT2D eigenvalue weighted by Gasteiger charge is -2.20. The summed E-state index contributed by atoms with van der Waals surface area (Å²) in [5, 5.41) is 0. The van der Waals surface area contributed by atoms with Gasteiger partial charge in [-0.1, -0.05) is 6.07 Å². The van der Waals surface area contributed by atoms with E-state index in [0.29, 0.717) is 54.6 Å². The van der Waals surface area contributed by atoms with Crippen LogP contribution in [0.3, 0.4) is 0 Å². The fraction of sp³-hybridized carbons (Fsp3) is 0.182. The van der Waals surface area contributed by atoms with Gasteiger partial charge in [-0.25, -0.2) is 8.42 Å². The van der Waals surface area contributed by atoms with Crippen LogP contribution in [0, 0.1) is 0 Å². The largest absolute Gasteiger partial charge is 0.486 e. The maximum Gasteiger partial charge on any atom is 0.262 e. The number of hydrogen-bond donors (Lipinski definition) is 1. The molecule has 0 saturated carbocycles. The number of sulfonamides is 1. The quantitative estimate of drug-likeness (QED) is 0.674. The van der Waals surface area contributed by atoms with Crippen molar-refractivity contribution in [2.24, 2.45) is 0 Å². The van der Waals surface area contributed by atoms with Gasteiger partial charge in [0, 0.05) is 36.3 Å². The number of carbonyl (C=O) groups excluding carboxylic acids is 1. The zero-order valence-corrected chi connectivity index (χ0v) is 17.3. The molecule has 0 atom stereocenters. The number of anilines is 2. The van der Waals surface area contributed by atoms with Crippen LogP contribution in [-0.4, -0.2) is 39.1 Å². The summed E-state index contributed by atoms with van der Waals surface area (Å²) >= 11 is 0. The highest BCUT2D eigenvalue weighted by Gasteiger charge is 2.27. The number of ether oxygens (including phenoxy) is 2. The fourth-order valence-electron chi connectivity index (χ4n) is 3.71. The number of hydrogen-bond acceptors (Lipinski definition) is 6. The van der Waals surface area contributed by atoms with E-state index in [9.17, 15) is 13.2 Å². The van der Waals surface area contributed by atoms with Crippen LogP contribution in [0.4, 0.5) is 11.4 Å². The van der Waals surface area contributed by atoms with Gasteiger partial charge in [0.05, 0.1) is 10.6 Å². The van der Waals surface area contributed by atoms with Gasteiger partial charge in [0.25, 0.3) is 15.9 Å². The third-order valence-corrected chi connectivity index (χ3v) is 6.61. The molecule has 0 unspecified atom stereocenters. The zero-order valence-electron chi connectivity index (χ0n) is 16.4. The molecule has 1 aromatic heterocycles. The lowest BCUT2D eigenvalue weighted by atomic mass is 10.1. The van der Waals surface area contributed by atoms with Gasteiger partial charge in [-0.3, -0.25) is 14.5 Å². The zero-order chi connectivity index (χ0) is 21.4. The molecule has 0 radical (unpaired) electrons. The van der Waals surface area contributed by atoms with Crippen LogP contribution in [0.15, 0.2) is 65.8 Å². The van der Waals surface area contributed by atoms with Crippen molar-refractivity contribution in [1.29, 1.82) is 0 Å². The van der Waals surface area contributed by atoms with Crippen LogP contribution in [0.2, 0.25) is 0 Å². The Morgan fingerprint density at radius 1 is 0.968 bits per heavy atom. The van der Waals surface area contributed by atoms with E-state index < -0.39 is 10.0 Å². The first kappa shape index (κ1) is 19.4. The van der Waals surface area contributed by atoms with Gasteiger partial charge in [-0.2, -0.15) is 0 Å². The Morgan fingerprint density at radius 2 is 1.74 bits per heavy atom. The molecule has 2 aliphatic heterocycles. The van der Waals surface area contributed by atoms with Crippen molar-refractivity contribution in [2.75, 3.05) is 29.4 Å². The predicted octanol–water partition coefficient (Wildman–Crippen LogP) is 2.86. The summed E-state index contributed by atoms with van der Waals surface area (Å²) in [6.45, 7) is 1.34. The van der Waals surface area contributed by atoms with Crippen molar-refractivity contribution < 1.29 is 22.7 Å². The predicted molar refractivity (Wildman–Crippen MR) is 114 cm³/mol. The molecule has 0 aliphatic carbocycles. The van der Waals surface area contributed by atoms with E-state index in [0.717, 1.165) is 5.56 Å². The van der Waals surface area contributed by atoms with Crippen LogP contribution >= 0.6 is 0 Å². The average molecular weight is 437 g/mol. The van der Waals surface area contributed by atoms with Gasteiger partial charge in [0.2, 0.25) is 0 Å². The van der Waals surface area contributed by atoms with Gasteiger partial charge in [0.1, 0.15) is 13.2 Å². The number of nitrogens with zero attached hydrogens (tertiary/aromatic N) is 2. The van der Waals surface area contributed by atoms with Crippen molar-refractivity contribution in [2.45, 2.75) is 11.3 Å². The molecule has 0 fully saturated rings. The van der Waals surface area contributed by atoms with Crippen molar-refractivity contribution >= 4 is 27.3 Å². The highest BCUT2D eigenvalue weighted by atomic mass is 32.2. The number of amides is 1. The molecule has 2 aliphatic rings. The first-order chi connectivity index (χ1) is 15.0. The SMILES string of the molecule is O=C(c1ccncc1)N1CCc2ccc(NS(=O)(=O)c3ccc4c(c3)OCCO4)cc21. The lowest BCUT2D eigenvalue weighted by molar-refractivity contribution is 0.0989. The number of nitrogens with one attached hydrogen (secondary N) is 1. The maximum atomic E-state index is 12.9. The Morgan fingerprint density at radius 3 is 2.55 bits per heavy atom. The van der Waals surface area contributed by atoms with Gasteiger partial charge in [0.15, 0.2) is 11.5 Å². The summed E-state index contributed by atoms with van der Waals surface area (Å²) in [6, 6.07) is 13.1. The third-order valence-electron chi connectivity index (χ3n) is 5.23. The molecule has 8 nitrogen and oxygen atoms in total. The van der Waals surface area contributed by atoms with Crippen molar-refractivity contribution in [1.82, 2.24) is 4.98 Å². The molecule has 1 amide bonds. The number of benzene rings is 2. The summed E-state index contributed by atoms with van der Waals surface area (Å²) < 4.78 is 39.4. The molecule has 5 rings (SSSR count). The van der Waals surface area contributed by atoms with Crippen molar-refractivity contribution in [3.63, 3.8) is 0 Å². The minimum atomic E-state index is -3.85. The minimum Gasteiger partial charge on any atom is -0.486 e. The molecular formula is C22H19N3O5S. The molecule has 2 aromatic carbocycles. The number of fused-ring (bicyclic) bond motifs is 2. The molecule has 31 heavy (non-hydrogen) atoms. The Balaban J connectivity index is 1.42. The molecule has 158 valence electrons. The number of carbonyl (C=O) groups is 1. The first-order valence-corrected chi connectivity index (χ1v) is 11.3. The van der Waals surface area contributed by atoms with Gasteiger partial charge in [-0.05, 0) is 48.4 Å². The molecule has 0 spiro atoms. The Bertz CT molecular complexity index is 1260. The van der Waals surface area contributed by atoms with Crippen molar-refractivity contribution in [3.05, 3.63) is 72.1 Å². The van der Waals surface area contributed by atoms with Crippen LogP contribution in [0.25, 0.3) is 0 Å². The molecule has 1 N–H and O–H groups in total. The highest BCUT2D eigenvalue weighted by molar-refractivity contribution is 7.92. The monoisotopic (exact) mass is 437 g/mol. The van der Waals surface area contributed by atoms with Crippen LogP contribution in [0.5, 0.6) is 11.5 Å². The summed E-state index contributed by atoms with van der Waals surface area (Å²) in [5.41, 5.74) is 2.60. The van der Waals surface area contributed by atoms with Gasteiger partial charge >= 0.3 is 0 Å². The summed E-state index contributed by atoms with van der Waals surface area (Å²) in [5.74, 6) is 0.776. The summed E-state index contributed by atoms with van der Waals surface area (Å²) in [7, 11) is -3.85. The second-order valence-electron chi connectivity index (χ2n) is 7.20. The second-order valence-corrected chi connectivity index (χ2v) is 8.88. The summed E-state index contributed by atoms with van der Waals surface area (Å²) in [6.07, 6.45) is 3.85. The smallest absolute Gasteiger partial charge is 0.262 e. The minimum absolute atomic E-state index is 0.0713. The number of aromatic nitrogens is 1. The third kappa shape index (κ3) is 3.68. The van der Waals surface area contributed by atoms with Crippen LogP contribution in [0.1, 0.15) is 15.9 Å². The van der Waals surface area contributed by atoms with Gasteiger partial charge < -0.3 is 14.4 Å². The second kappa shape index (κ2) is 7.59. The average Bonchev–Trinajstić information content (AvgIpc) is 3.22. The highest BCUT2D eigenvalue weighted by Crippen LogP contribution is 2.35. The Labute approximate surface area is 179 Å².